The molecule has 3 aromatic rings. The molecular formula is C23H21BrN2O4. The number of aliphatic hydroxyl groups is 2. The maximum absolute atomic E-state index is 12.2. The van der Waals surface area contributed by atoms with E-state index in [0.717, 1.165) is 22.3 Å². The molecule has 0 saturated heterocycles. The Kier molecular flexibility index (Phi) is 6.13. The molecule has 1 amide bonds. The normalized spacial score (nSPS) is 14.5. The van der Waals surface area contributed by atoms with Crippen molar-refractivity contribution >= 4 is 22.0 Å². The number of fused-ring (bicyclic) bond motifs is 3. The van der Waals surface area contributed by atoms with Gasteiger partial charge in [0.2, 0.25) is 0 Å². The van der Waals surface area contributed by atoms with Crippen molar-refractivity contribution in [2.45, 2.75) is 18.1 Å². The number of rotatable bonds is 6. The fourth-order valence-corrected chi connectivity index (χ4v) is 4.26. The molecule has 0 saturated carbocycles. The van der Waals surface area contributed by atoms with Gasteiger partial charge in [0.15, 0.2) is 0 Å². The molecule has 30 heavy (non-hydrogen) atoms. The first-order valence-electron chi connectivity index (χ1n) is 9.61. The highest BCUT2D eigenvalue weighted by atomic mass is 79.9. The Balaban J connectivity index is 1.35. The molecule has 0 aliphatic heterocycles. The molecule has 2 unspecified atom stereocenters. The quantitative estimate of drug-likeness (QED) is 0.478. The predicted octanol–water partition coefficient (Wildman–Crippen LogP) is 3.78. The molecule has 0 spiro atoms. The Morgan fingerprint density at radius 2 is 1.67 bits per heavy atom. The van der Waals surface area contributed by atoms with Crippen LogP contribution in [0.4, 0.5) is 4.79 Å². The summed E-state index contributed by atoms with van der Waals surface area (Å²) in [6, 6.07) is 19.5. The SMILES string of the molecule is O=C(NCC(O)C(O)c1cccnc1Br)OCC1c2ccccc2-c2ccccc21. The Bertz CT molecular complexity index is 1010. The van der Waals surface area contributed by atoms with E-state index in [-0.39, 0.29) is 19.1 Å². The van der Waals surface area contributed by atoms with Crippen molar-refractivity contribution in [1.29, 1.82) is 0 Å². The van der Waals surface area contributed by atoms with Gasteiger partial charge in [0.25, 0.3) is 0 Å². The molecule has 1 aliphatic carbocycles. The number of hydrogen-bond donors (Lipinski definition) is 3. The summed E-state index contributed by atoms with van der Waals surface area (Å²) in [6.45, 7) is 0.0336. The third-order valence-electron chi connectivity index (χ3n) is 5.27. The molecule has 3 N–H and O–H groups in total. The van der Waals surface area contributed by atoms with E-state index in [1.807, 2.05) is 36.4 Å². The van der Waals surface area contributed by atoms with Gasteiger partial charge in [-0.25, -0.2) is 9.78 Å². The van der Waals surface area contributed by atoms with Crippen LogP contribution in [0.2, 0.25) is 0 Å². The lowest BCUT2D eigenvalue weighted by molar-refractivity contribution is 0.0179. The number of nitrogens with one attached hydrogen (secondary N) is 1. The van der Waals surface area contributed by atoms with Crippen LogP contribution in [0.1, 0.15) is 28.7 Å². The summed E-state index contributed by atoms with van der Waals surface area (Å²) in [5.74, 6) is -0.0370. The lowest BCUT2D eigenvalue weighted by atomic mass is 9.98. The number of benzene rings is 2. The second-order valence-corrected chi connectivity index (χ2v) is 7.85. The van der Waals surface area contributed by atoms with Gasteiger partial charge in [0.05, 0.1) is 0 Å². The van der Waals surface area contributed by atoms with E-state index in [9.17, 15) is 15.0 Å². The average molecular weight is 469 g/mol. The predicted molar refractivity (Wildman–Crippen MR) is 116 cm³/mol. The molecule has 1 heterocycles. The lowest BCUT2D eigenvalue weighted by Gasteiger charge is -2.20. The Morgan fingerprint density at radius 1 is 1.03 bits per heavy atom. The van der Waals surface area contributed by atoms with Crippen molar-refractivity contribution in [1.82, 2.24) is 10.3 Å². The van der Waals surface area contributed by atoms with Crippen LogP contribution in [0, 0.1) is 0 Å². The smallest absolute Gasteiger partial charge is 0.407 e. The molecule has 154 valence electrons. The number of amides is 1. The number of carbonyl (C=O) groups excluding carboxylic acids is 1. The summed E-state index contributed by atoms with van der Waals surface area (Å²) in [7, 11) is 0. The number of aromatic nitrogens is 1. The van der Waals surface area contributed by atoms with Gasteiger partial charge in [0.1, 0.15) is 23.4 Å². The molecule has 1 aliphatic rings. The molecule has 4 rings (SSSR count). The Labute approximate surface area is 182 Å². The Morgan fingerprint density at radius 3 is 2.30 bits per heavy atom. The summed E-state index contributed by atoms with van der Waals surface area (Å²) in [5.41, 5.74) is 5.01. The van der Waals surface area contributed by atoms with Crippen LogP contribution in [0.5, 0.6) is 0 Å². The van der Waals surface area contributed by atoms with Crippen molar-refractivity contribution < 1.29 is 19.7 Å². The highest BCUT2D eigenvalue weighted by molar-refractivity contribution is 9.10. The molecular weight excluding hydrogens is 448 g/mol. The number of aliphatic hydroxyl groups excluding tert-OH is 2. The van der Waals surface area contributed by atoms with Crippen LogP contribution in [0.25, 0.3) is 11.1 Å². The summed E-state index contributed by atoms with van der Waals surface area (Å²) in [6.07, 6.45) is -1.47. The van der Waals surface area contributed by atoms with Crippen LogP contribution in [-0.2, 0) is 4.74 Å². The van der Waals surface area contributed by atoms with Gasteiger partial charge < -0.3 is 20.3 Å². The van der Waals surface area contributed by atoms with Crippen LogP contribution >= 0.6 is 15.9 Å². The number of pyridine rings is 1. The largest absolute Gasteiger partial charge is 0.449 e. The average Bonchev–Trinajstić information content (AvgIpc) is 3.09. The zero-order valence-corrected chi connectivity index (χ0v) is 17.6. The van der Waals surface area contributed by atoms with Crippen LogP contribution in [0.15, 0.2) is 71.5 Å². The first-order valence-corrected chi connectivity index (χ1v) is 10.4. The maximum atomic E-state index is 12.2. The van der Waals surface area contributed by atoms with E-state index in [4.69, 9.17) is 4.74 Å². The minimum absolute atomic E-state index is 0.0370. The van der Waals surface area contributed by atoms with E-state index in [2.05, 4.69) is 38.4 Å². The van der Waals surface area contributed by atoms with Crippen molar-refractivity contribution in [3.63, 3.8) is 0 Å². The number of ether oxygens (including phenoxy) is 1. The fourth-order valence-electron chi connectivity index (χ4n) is 3.78. The number of alkyl carbamates (subject to hydrolysis) is 1. The molecule has 2 aromatic carbocycles. The topological polar surface area (TPSA) is 91.7 Å². The van der Waals surface area contributed by atoms with Crippen LogP contribution < -0.4 is 5.32 Å². The van der Waals surface area contributed by atoms with Gasteiger partial charge >= 0.3 is 6.09 Å². The zero-order chi connectivity index (χ0) is 21.1. The van der Waals surface area contributed by atoms with E-state index < -0.39 is 18.3 Å². The summed E-state index contributed by atoms with van der Waals surface area (Å²) < 4.78 is 5.88. The van der Waals surface area contributed by atoms with Crippen molar-refractivity contribution in [2.75, 3.05) is 13.2 Å². The van der Waals surface area contributed by atoms with E-state index in [1.54, 1.807) is 18.3 Å². The van der Waals surface area contributed by atoms with E-state index in [1.165, 1.54) is 0 Å². The van der Waals surface area contributed by atoms with Crippen LogP contribution in [-0.4, -0.2) is 40.5 Å². The van der Waals surface area contributed by atoms with E-state index >= 15 is 0 Å². The van der Waals surface area contributed by atoms with E-state index in [0.29, 0.717) is 10.2 Å². The van der Waals surface area contributed by atoms with Gasteiger partial charge in [-0.3, -0.25) is 0 Å². The second kappa shape index (κ2) is 8.95. The highest BCUT2D eigenvalue weighted by Gasteiger charge is 2.29. The number of halogens is 1. The molecule has 2 atom stereocenters. The summed E-state index contributed by atoms with van der Waals surface area (Å²) >= 11 is 3.24. The third-order valence-corrected chi connectivity index (χ3v) is 5.93. The molecule has 0 bridgehead atoms. The standard InChI is InChI=1S/C23H21BrN2O4/c24-22-18(10-5-11-25-22)21(28)20(27)12-26-23(29)30-13-19-16-8-3-1-6-14(16)15-7-2-4-9-17(15)19/h1-11,19-21,27-28H,12-13H2,(H,26,29). The fraction of sp³-hybridized carbons (Fsp3) is 0.217. The Hall–Kier alpha value is -2.74. The summed E-state index contributed by atoms with van der Waals surface area (Å²) in [4.78, 5) is 16.2. The number of carbonyl (C=O) groups is 1. The monoisotopic (exact) mass is 468 g/mol. The molecule has 1 aromatic heterocycles. The van der Waals surface area contributed by atoms with Gasteiger partial charge in [0, 0.05) is 24.2 Å². The van der Waals surface area contributed by atoms with Gasteiger partial charge in [-0.15, -0.1) is 0 Å². The second-order valence-electron chi connectivity index (χ2n) is 7.10. The first kappa shape index (κ1) is 20.5. The molecule has 0 radical (unpaired) electrons. The van der Waals surface area contributed by atoms with Crippen LogP contribution in [0.3, 0.4) is 0 Å². The molecule has 6 nitrogen and oxygen atoms in total. The maximum Gasteiger partial charge on any atom is 0.407 e. The zero-order valence-electron chi connectivity index (χ0n) is 16.0. The third kappa shape index (κ3) is 4.09. The minimum Gasteiger partial charge on any atom is -0.449 e. The van der Waals surface area contributed by atoms with Crippen molar-refractivity contribution in [3.8, 4) is 11.1 Å². The number of nitrogens with zero attached hydrogens (tertiary/aromatic N) is 1. The highest BCUT2D eigenvalue weighted by Crippen LogP contribution is 2.44. The number of hydrogen-bond acceptors (Lipinski definition) is 5. The lowest BCUT2D eigenvalue weighted by Crippen LogP contribution is -2.36. The van der Waals surface area contributed by atoms with Gasteiger partial charge in [-0.2, -0.15) is 0 Å². The van der Waals surface area contributed by atoms with Gasteiger partial charge in [-0.05, 0) is 44.3 Å². The van der Waals surface area contributed by atoms with Gasteiger partial charge in [-0.1, -0.05) is 54.6 Å². The van der Waals surface area contributed by atoms with Crippen molar-refractivity contribution in [2.24, 2.45) is 0 Å². The van der Waals surface area contributed by atoms with Crippen molar-refractivity contribution in [3.05, 3.63) is 88.2 Å². The minimum atomic E-state index is -1.20. The first-order chi connectivity index (χ1) is 14.6. The summed E-state index contributed by atoms with van der Waals surface area (Å²) in [5, 5.41) is 23.0. The molecule has 0 fully saturated rings. The molecule has 7 heteroatoms.